The summed E-state index contributed by atoms with van der Waals surface area (Å²) in [5, 5.41) is 3.29. The molecule has 1 spiro atoms. The minimum Gasteiger partial charge on any atom is -0.465 e. The normalized spacial score (nSPS) is 19.2. The van der Waals surface area contributed by atoms with Gasteiger partial charge in [-0.1, -0.05) is 73.5 Å². The molecule has 2 bridgehead atoms. The van der Waals surface area contributed by atoms with Crippen LogP contribution in [0.4, 0.5) is 5.69 Å². The van der Waals surface area contributed by atoms with Gasteiger partial charge < -0.3 is 14.8 Å². The monoisotopic (exact) mass is 671 g/mol. The smallest absolute Gasteiger partial charge is 0.337 e. The lowest BCUT2D eigenvalue weighted by Crippen LogP contribution is -2.35. The number of hydrogen-bond donors (Lipinski definition) is 1. The number of hydrogen-bond acceptors (Lipinski definition) is 5. The zero-order valence-electron chi connectivity index (χ0n) is 29.0. The van der Waals surface area contributed by atoms with Gasteiger partial charge in [-0.15, -0.1) is 0 Å². The van der Waals surface area contributed by atoms with Crippen molar-refractivity contribution >= 4 is 23.5 Å². The molecule has 0 radical (unpaired) electrons. The lowest BCUT2D eigenvalue weighted by molar-refractivity contribution is -0.113. The topological polar surface area (TPSA) is 81.7 Å². The number of fused-ring (bicyclic) bond motifs is 1. The Morgan fingerprint density at radius 2 is 1.24 bits per heavy atom. The van der Waals surface area contributed by atoms with Gasteiger partial charge in [-0.25, -0.2) is 9.59 Å². The molecule has 6 heteroatoms. The molecular formula is C45H37NO5. The molecule has 1 amide bonds. The van der Waals surface area contributed by atoms with E-state index in [-0.39, 0.29) is 23.2 Å². The van der Waals surface area contributed by atoms with Crippen LogP contribution in [-0.4, -0.2) is 32.1 Å². The first-order chi connectivity index (χ1) is 24.7. The molecule has 1 fully saturated rings. The largest absolute Gasteiger partial charge is 0.465 e. The summed E-state index contributed by atoms with van der Waals surface area (Å²) in [5.41, 5.74) is 8.94. The van der Waals surface area contributed by atoms with E-state index in [4.69, 9.17) is 9.47 Å². The van der Waals surface area contributed by atoms with Crippen molar-refractivity contribution in [2.75, 3.05) is 19.5 Å². The van der Waals surface area contributed by atoms with Crippen molar-refractivity contribution in [3.63, 3.8) is 0 Å². The molecule has 8 rings (SSSR count). The summed E-state index contributed by atoms with van der Waals surface area (Å²) in [7, 11) is 2.71. The highest BCUT2D eigenvalue weighted by molar-refractivity contribution is 6.07. The lowest BCUT2D eigenvalue weighted by atomic mass is 9.65. The van der Waals surface area contributed by atoms with Crippen molar-refractivity contribution in [2.24, 2.45) is 23.2 Å². The fraction of sp³-hybridized carbons (Fsp3) is 0.222. The molecule has 3 atom stereocenters. The molecular weight excluding hydrogens is 634 g/mol. The van der Waals surface area contributed by atoms with Gasteiger partial charge >= 0.3 is 11.9 Å². The molecule has 252 valence electrons. The van der Waals surface area contributed by atoms with Gasteiger partial charge in [0.05, 0.1) is 31.0 Å². The number of esters is 2. The molecule has 1 N–H and O–H groups in total. The van der Waals surface area contributed by atoms with Crippen molar-refractivity contribution in [2.45, 2.75) is 26.7 Å². The SMILES string of the molecule is COC(=O)c1ccc(C#Cc2ccc(-c3ccc(C#Cc4ccc(C(=O)OC)cc4)cc3NC(=O)C3=CC45CC4=CC3C(C(C)C)C5)cc2)cc1. The predicted molar refractivity (Wildman–Crippen MR) is 198 cm³/mol. The number of rotatable bonds is 6. The summed E-state index contributed by atoms with van der Waals surface area (Å²) < 4.78 is 9.57. The van der Waals surface area contributed by atoms with Crippen LogP contribution in [0.2, 0.25) is 0 Å². The van der Waals surface area contributed by atoms with Gasteiger partial charge in [0.1, 0.15) is 0 Å². The highest BCUT2D eigenvalue weighted by atomic mass is 16.5. The molecule has 4 aliphatic carbocycles. The van der Waals surface area contributed by atoms with Crippen LogP contribution in [0.1, 0.15) is 69.7 Å². The van der Waals surface area contributed by atoms with Gasteiger partial charge in [-0.05, 0) is 103 Å². The van der Waals surface area contributed by atoms with Gasteiger partial charge in [0.15, 0.2) is 0 Å². The Hall–Kier alpha value is -6.11. The Morgan fingerprint density at radius 1 is 0.725 bits per heavy atom. The van der Waals surface area contributed by atoms with Crippen LogP contribution in [0.15, 0.2) is 114 Å². The maximum Gasteiger partial charge on any atom is 0.337 e. The number of allylic oxidation sites excluding steroid dienone is 3. The van der Waals surface area contributed by atoms with E-state index < -0.39 is 5.97 Å². The minimum absolute atomic E-state index is 0.0657. The third-order valence-electron chi connectivity index (χ3n) is 10.1. The summed E-state index contributed by atoms with van der Waals surface area (Å²) in [6.45, 7) is 4.51. The molecule has 0 heterocycles. The van der Waals surface area contributed by atoms with E-state index in [1.54, 1.807) is 48.5 Å². The fourth-order valence-electron chi connectivity index (χ4n) is 7.20. The molecule has 0 aliphatic heterocycles. The fourth-order valence-corrected chi connectivity index (χ4v) is 7.20. The minimum atomic E-state index is -0.397. The number of carbonyl (C=O) groups excluding carboxylic acids is 3. The zero-order chi connectivity index (χ0) is 35.7. The number of anilines is 1. The van der Waals surface area contributed by atoms with Crippen molar-refractivity contribution in [1.82, 2.24) is 0 Å². The molecule has 6 nitrogen and oxygen atoms in total. The number of methoxy groups -OCH3 is 2. The maximum absolute atomic E-state index is 14.1. The van der Waals surface area contributed by atoms with Crippen LogP contribution < -0.4 is 5.32 Å². The van der Waals surface area contributed by atoms with Gasteiger partial charge in [0.25, 0.3) is 5.91 Å². The Morgan fingerprint density at radius 3 is 1.75 bits per heavy atom. The number of ether oxygens (including phenoxy) is 2. The summed E-state index contributed by atoms with van der Waals surface area (Å²) >= 11 is 0. The number of amides is 1. The highest BCUT2D eigenvalue weighted by Crippen LogP contribution is 2.67. The second-order valence-corrected chi connectivity index (χ2v) is 13.7. The van der Waals surface area contributed by atoms with E-state index in [0.717, 1.165) is 51.8 Å². The molecule has 4 aromatic carbocycles. The average molecular weight is 672 g/mol. The molecule has 4 aliphatic rings. The van der Waals surface area contributed by atoms with E-state index in [1.165, 1.54) is 19.8 Å². The standard InChI is InChI=1S/C45H37NO5/c1-28(2)39-26-45-25-36(45)24-38(39)40(27-45)42(47)46-41-23-32(8-7-31-13-20-35(21-14-31)44(49)51-4)15-22-37(41)33-16-9-29(10-17-33)5-6-30-11-18-34(19-12-30)43(48)50-3/h9-24,27-28,38-39H,25-26H2,1-4H3,(H,46,47). The van der Waals surface area contributed by atoms with Crippen LogP contribution >= 0.6 is 0 Å². The van der Waals surface area contributed by atoms with Crippen molar-refractivity contribution < 1.29 is 23.9 Å². The van der Waals surface area contributed by atoms with Gasteiger partial charge in [-0.2, -0.15) is 0 Å². The quantitative estimate of drug-likeness (QED) is 0.127. The predicted octanol–water partition coefficient (Wildman–Crippen LogP) is 8.21. The van der Waals surface area contributed by atoms with Crippen molar-refractivity contribution in [3.05, 3.63) is 148 Å². The number of benzene rings is 4. The number of nitrogens with one attached hydrogen (secondary N) is 1. The van der Waals surface area contributed by atoms with Crippen LogP contribution in [0, 0.1) is 46.9 Å². The van der Waals surface area contributed by atoms with E-state index in [1.807, 2.05) is 42.5 Å². The Balaban J connectivity index is 1.17. The maximum atomic E-state index is 14.1. The third kappa shape index (κ3) is 6.87. The van der Waals surface area contributed by atoms with E-state index >= 15 is 0 Å². The average Bonchev–Trinajstić information content (AvgIpc) is 3.89. The summed E-state index contributed by atoms with van der Waals surface area (Å²) in [5.74, 6) is 12.9. The Labute approximate surface area is 298 Å². The molecule has 0 aromatic heterocycles. The summed E-state index contributed by atoms with van der Waals surface area (Å²) in [4.78, 5) is 37.7. The summed E-state index contributed by atoms with van der Waals surface area (Å²) in [6.07, 6.45) is 6.78. The molecule has 1 saturated carbocycles. The van der Waals surface area contributed by atoms with Crippen LogP contribution in [-0.2, 0) is 14.3 Å². The third-order valence-corrected chi connectivity index (χ3v) is 10.1. The Bertz CT molecular complexity index is 2240. The summed E-state index contributed by atoms with van der Waals surface area (Å²) in [6, 6.07) is 27.7. The van der Waals surface area contributed by atoms with Gasteiger partial charge in [0.2, 0.25) is 0 Å². The van der Waals surface area contributed by atoms with Crippen molar-refractivity contribution in [1.29, 1.82) is 0 Å². The molecule has 51 heavy (non-hydrogen) atoms. The zero-order valence-corrected chi connectivity index (χ0v) is 29.0. The molecule has 3 unspecified atom stereocenters. The molecule has 0 saturated heterocycles. The van der Waals surface area contributed by atoms with Crippen LogP contribution in [0.5, 0.6) is 0 Å². The molecule has 4 aromatic rings. The Kier molecular flexibility index (Phi) is 8.94. The first-order valence-electron chi connectivity index (χ1n) is 17.1. The second-order valence-electron chi connectivity index (χ2n) is 13.7. The second kappa shape index (κ2) is 13.7. The van der Waals surface area contributed by atoms with Gasteiger partial charge in [0, 0.05) is 44.7 Å². The first kappa shape index (κ1) is 33.4. The first-order valence-corrected chi connectivity index (χ1v) is 17.1. The van der Waals surface area contributed by atoms with Crippen LogP contribution in [0.3, 0.4) is 0 Å². The van der Waals surface area contributed by atoms with Crippen molar-refractivity contribution in [3.8, 4) is 34.8 Å². The van der Waals surface area contributed by atoms with E-state index in [0.29, 0.717) is 28.7 Å². The van der Waals surface area contributed by atoms with Crippen LogP contribution in [0.25, 0.3) is 11.1 Å². The van der Waals surface area contributed by atoms with Gasteiger partial charge in [-0.3, -0.25) is 4.79 Å². The highest BCUT2D eigenvalue weighted by Gasteiger charge is 2.57. The number of carbonyl (C=O) groups is 3. The van der Waals surface area contributed by atoms with E-state index in [9.17, 15) is 14.4 Å². The van der Waals surface area contributed by atoms with E-state index in [2.05, 4.69) is 55.0 Å². The lowest BCUT2D eigenvalue weighted by Gasteiger charge is -2.39.